The van der Waals surface area contributed by atoms with Crippen LogP contribution < -0.4 is 9.47 Å². The molecule has 0 bridgehead atoms. The molecule has 3 aromatic rings. The van der Waals surface area contributed by atoms with Crippen molar-refractivity contribution in [1.82, 2.24) is 4.98 Å². The Morgan fingerprint density at radius 1 is 1.08 bits per heavy atom. The molecule has 0 aliphatic carbocycles. The van der Waals surface area contributed by atoms with Gasteiger partial charge in [-0.05, 0) is 35.9 Å². The number of hydrogen-bond donors (Lipinski definition) is 2. The summed E-state index contributed by atoms with van der Waals surface area (Å²) >= 11 is 0. The third kappa shape index (κ3) is 2.48. The van der Waals surface area contributed by atoms with E-state index in [0.717, 1.165) is 0 Å². The lowest BCUT2D eigenvalue weighted by Crippen LogP contribution is -2.01. The predicted molar refractivity (Wildman–Crippen MR) is 88.9 cm³/mol. The first-order valence-corrected chi connectivity index (χ1v) is 7.13. The quantitative estimate of drug-likeness (QED) is 0.765. The average molecular weight is 325 g/mol. The smallest absolute Gasteiger partial charge is 0.335 e. The second-order valence-electron chi connectivity index (χ2n) is 5.10. The van der Waals surface area contributed by atoms with Gasteiger partial charge in [0, 0.05) is 17.1 Å². The van der Waals surface area contributed by atoms with Crippen LogP contribution >= 0.6 is 0 Å². The molecular weight excluding hydrogens is 310 g/mol. The fourth-order valence-electron chi connectivity index (χ4n) is 2.68. The normalized spacial score (nSPS) is 10.6. The van der Waals surface area contributed by atoms with Gasteiger partial charge in [0.1, 0.15) is 11.3 Å². The molecule has 2 N–H and O–H groups in total. The molecule has 6 nitrogen and oxygen atoms in total. The molecule has 0 saturated carbocycles. The van der Waals surface area contributed by atoms with E-state index in [-0.39, 0.29) is 11.3 Å². The Labute approximate surface area is 137 Å². The number of nitrogens with zero attached hydrogens (tertiary/aromatic N) is 1. The van der Waals surface area contributed by atoms with Crippen molar-refractivity contribution >= 4 is 16.9 Å². The van der Waals surface area contributed by atoms with Crippen molar-refractivity contribution < 1.29 is 24.5 Å². The summed E-state index contributed by atoms with van der Waals surface area (Å²) in [5.41, 5.74) is 1.74. The number of hydrogen-bond acceptors (Lipinski definition) is 5. The van der Waals surface area contributed by atoms with Gasteiger partial charge in [-0.25, -0.2) is 4.79 Å². The highest BCUT2D eigenvalue weighted by molar-refractivity contribution is 6.01. The van der Waals surface area contributed by atoms with Gasteiger partial charge in [0.25, 0.3) is 0 Å². The zero-order valence-electron chi connectivity index (χ0n) is 13.1. The lowest BCUT2D eigenvalue weighted by molar-refractivity contribution is 0.0696. The number of methoxy groups -OCH3 is 2. The van der Waals surface area contributed by atoms with Gasteiger partial charge in [-0.15, -0.1) is 0 Å². The van der Waals surface area contributed by atoms with E-state index in [1.165, 1.54) is 32.4 Å². The minimum atomic E-state index is -1.07. The molecule has 0 radical (unpaired) electrons. The van der Waals surface area contributed by atoms with Crippen molar-refractivity contribution in [1.29, 1.82) is 0 Å². The first kappa shape index (κ1) is 15.6. The van der Waals surface area contributed by atoms with Crippen LogP contribution in [0, 0.1) is 0 Å². The first-order chi connectivity index (χ1) is 11.6. The number of aromatic nitrogens is 1. The van der Waals surface area contributed by atoms with Crippen LogP contribution in [0.2, 0.25) is 0 Å². The van der Waals surface area contributed by atoms with Crippen molar-refractivity contribution in [3.05, 3.63) is 48.2 Å². The number of fused-ring (bicyclic) bond motifs is 1. The van der Waals surface area contributed by atoms with E-state index in [4.69, 9.17) is 9.47 Å². The number of pyridine rings is 1. The fourth-order valence-corrected chi connectivity index (χ4v) is 2.68. The van der Waals surface area contributed by atoms with Gasteiger partial charge in [0.2, 0.25) is 0 Å². The monoisotopic (exact) mass is 325 g/mol. The Morgan fingerprint density at radius 3 is 2.54 bits per heavy atom. The minimum absolute atomic E-state index is 0.0506. The lowest BCUT2D eigenvalue weighted by atomic mass is 9.97. The molecule has 0 amide bonds. The van der Waals surface area contributed by atoms with Crippen molar-refractivity contribution in [2.24, 2.45) is 0 Å². The van der Waals surface area contributed by atoms with Crippen LogP contribution in [0.15, 0.2) is 42.6 Å². The molecule has 24 heavy (non-hydrogen) atoms. The highest BCUT2D eigenvalue weighted by Gasteiger charge is 2.19. The van der Waals surface area contributed by atoms with Crippen LogP contribution in [0.3, 0.4) is 0 Å². The number of carboxylic acid groups (broad SMARTS) is 1. The standard InChI is InChI=1S/C18H15NO5/c1-23-15-9-10(18(21)22)8-13(17(15)24-2)11-5-6-14(20)16-12(11)4-3-7-19-16/h3-9,20H,1-2H3,(H,21,22). The second-order valence-corrected chi connectivity index (χ2v) is 5.10. The summed E-state index contributed by atoms with van der Waals surface area (Å²) in [5, 5.41) is 20.0. The Kier molecular flexibility index (Phi) is 3.95. The largest absolute Gasteiger partial charge is 0.506 e. The van der Waals surface area contributed by atoms with Gasteiger partial charge in [-0.2, -0.15) is 0 Å². The van der Waals surface area contributed by atoms with Crippen molar-refractivity contribution in [2.45, 2.75) is 0 Å². The number of phenolic OH excluding ortho intramolecular Hbond substituents is 1. The van der Waals surface area contributed by atoms with E-state index in [1.54, 1.807) is 24.4 Å². The maximum absolute atomic E-state index is 11.4. The van der Waals surface area contributed by atoms with Crippen LogP contribution in [-0.4, -0.2) is 35.4 Å². The van der Waals surface area contributed by atoms with Crippen LogP contribution in [0.1, 0.15) is 10.4 Å². The molecule has 0 saturated heterocycles. The summed E-state index contributed by atoms with van der Waals surface area (Å²) in [6, 6.07) is 9.69. The van der Waals surface area contributed by atoms with E-state index >= 15 is 0 Å². The summed E-state index contributed by atoms with van der Waals surface area (Å²) in [7, 11) is 2.94. The molecular formula is C18H15NO5. The van der Waals surface area contributed by atoms with Crippen LogP contribution in [-0.2, 0) is 0 Å². The van der Waals surface area contributed by atoms with Gasteiger partial charge in [0.05, 0.1) is 19.8 Å². The Balaban J connectivity index is 2.39. The van der Waals surface area contributed by atoms with Gasteiger partial charge >= 0.3 is 5.97 Å². The third-order valence-electron chi connectivity index (χ3n) is 3.76. The minimum Gasteiger partial charge on any atom is -0.506 e. The van der Waals surface area contributed by atoms with Crippen LogP contribution in [0.4, 0.5) is 0 Å². The molecule has 2 aromatic carbocycles. The summed E-state index contributed by atoms with van der Waals surface area (Å²) in [6.45, 7) is 0. The molecule has 0 atom stereocenters. The van der Waals surface area contributed by atoms with Gasteiger partial charge in [-0.3, -0.25) is 4.98 Å². The maximum Gasteiger partial charge on any atom is 0.335 e. The lowest BCUT2D eigenvalue weighted by Gasteiger charge is -2.16. The van der Waals surface area contributed by atoms with Gasteiger partial charge in [-0.1, -0.05) is 6.07 Å². The Morgan fingerprint density at radius 2 is 1.88 bits per heavy atom. The van der Waals surface area contributed by atoms with Crippen molar-refractivity contribution in [3.63, 3.8) is 0 Å². The maximum atomic E-state index is 11.4. The van der Waals surface area contributed by atoms with Crippen LogP contribution in [0.5, 0.6) is 17.2 Å². The number of aromatic hydroxyl groups is 1. The molecule has 1 heterocycles. The first-order valence-electron chi connectivity index (χ1n) is 7.13. The summed E-state index contributed by atoms with van der Waals surface area (Å²) in [5.74, 6) is -0.288. The molecule has 0 spiro atoms. The summed E-state index contributed by atoms with van der Waals surface area (Å²) in [6.07, 6.45) is 1.58. The van der Waals surface area contributed by atoms with Gasteiger partial charge < -0.3 is 19.7 Å². The zero-order valence-corrected chi connectivity index (χ0v) is 13.1. The van der Waals surface area contributed by atoms with E-state index < -0.39 is 5.97 Å². The van der Waals surface area contributed by atoms with E-state index in [1.807, 2.05) is 0 Å². The van der Waals surface area contributed by atoms with E-state index in [2.05, 4.69) is 4.98 Å². The molecule has 0 aliphatic rings. The molecule has 6 heteroatoms. The number of ether oxygens (including phenoxy) is 2. The average Bonchev–Trinajstić information content (AvgIpc) is 2.61. The zero-order chi connectivity index (χ0) is 17.3. The number of rotatable bonds is 4. The fraction of sp³-hybridized carbons (Fsp3) is 0.111. The van der Waals surface area contributed by atoms with Crippen LogP contribution in [0.25, 0.3) is 22.0 Å². The summed E-state index contributed by atoms with van der Waals surface area (Å²) < 4.78 is 10.7. The van der Waals surface area contributed by atoms with E-state index in [0.29, 0.717) is 33.5 Å². The topological polar surface area (TPSA) is 88.9 Å². The SMILES string of the molecule is COc1cc(C(=O)O)cc(-c2ccc(O)c3ncccc23)c1OC. The molecule has 0 aliphatic heterocycles. The molecule has 0 unspecified atom stereocenters. The molecule has 3 rings (SSSR count). The number of phenols is 1. The second kappa shape index (κ2) is 6.08. The molecule has 1 aromatic heterocycles. The Bertz CT molecular complexity index is 936. The number of carbonyl (C=O) groups is 1. The number of carboxylic acids is 1. The predicted octanol–water partition coefficient (Wildman–Crippen LogP) is 3.32. The number of benzene rings is 2. The van der Waals surface area contributed by atoms with E-state index in [9.17, 15) is 15.0 Å². The van der Waals surface area contributed by atoms with Crippen molar-refractivity contribution in [2.75, 3.05) is 14.2 Å². The molecule has 122 valence electrons. The number of aromatic carboxylic acids is 1. The van der Waals surface area contributed by atoms with Crippen molar-refractivity contribution in [3.8, 4) is 28.4 Å². The highest BCUT2D eigenvalue weighted by atomic mass is 16.5. The Hall–Kier alpha value is -3.28. The van der Waals surface area contributed by atoms with Gasteiger partial charge in [0.15, 0.2) is 11.5 Å². The highest BCUT2D eigenvalue weighted by Crippen LogP contribution is 2.42. The third-order valence-corrected chi connectivity index (χ3v) is 3.76. The summed E-state index contributed by atoms with van der Waals surface area (Å²) in [4.78, 5) is 15.6. The molecule has 0 fully saturated rings.